The highest BCUT2D eigenvalue weighted by Crippen LogP contribution is 2.56. The van der Waals surface area contributed by atoms with Gasteiger partial charge in [-0.25, -0.2) is 9.69 Å². The van der Waals surface area contributed by atoms with Crippen molar-refractivity contribution >= 4 is 35.0 Å². The van der Waals surface area contributed by atoms with Gasteiger partial charge in [0.05, 0.1) is 24.6 Å². The second-order valence-corrected chi connectivity index (χ2v) is 10.7. The number of nitrogens with zero attached hydrogens (tertiary/aromatic N) is 1. The number of ketones is 2. The number of carbonyl (C=O) groups excluding carboxylic acids is 4. The van der Waals surface area contributed by atoms with Gasteiger partial charge in [0, 0.05) is 34.3 Å². The largest absolute Gasteiger partial charge is 0.508 e. The van der Waals surface area contributed by atoms with Crippen LogP contribution >= 0.6 is 0 Å². The lowest BCUT2D eigenvalue weighted by atomic mass is 9.59. The van der Waals surface area contributed by atoms with Crippen LogP contribution in [0.25, 0.3) is 0 Å². The number of methoxy groups -OCH3 is 1. The predicted octanol–water partition coefficient (Wildman–Crippen LogP) is 3.44. The summed E-state index contributed by atoms with van der Waals surface area (Å²) in [6.07, 6.45) is 3.34. The molecule has 41 heavy (non-hydrogen) atoms. The lowest BCUT2D eigenvalue weighted by Crippen LogP contribution is -2.39. The second-order valence-electron chi connectivity index (χ2n) is 10.7. The van der Waals surface area contributed by atoms with E-state index in [-0.39, 0.29) is 58.1 Å². The van der Waals surface area contributed by atoms with Gasteiger partial charge in [-0.05, 0) is 62.1 Å². The number of phenolic OH excluding ortho intramolecular Hbond substituents is 1. The maximum atomic E-state index is 13.9. The maximum Gasteiger partial charge on any atom is 0.339 e. The van der Waals surface area contributed by atoms with Gasteiger partial charge >= 0.3 is 5.97 Å². The summed E-state index contributed by atoms with van der Waals surface area (Å²) >= 11 is 0. The number of Topliss-reactive ketones (excluding diaryl/α,β-unsaturated/α-hetero) is 1. The molecule has 0 saturated carbocycles. The average molecular weight is 556 g/mol. The number of amides is 2. The second kappa shape index (κ2) is 9.29. The van der Waals surface area contributed by atoms with Crippen LogP contribution in [0.15, 0.2) is 70.8 Å². The van der Waals surface area contributed by atoms with Crippen molar-refractivity contribution in [2.45, 2.75) is 25.7 Å². The van der Waals surface area contributed by atoms with E-state index in [9.17, 15) is 39.3 Å². The van der Waals surface area contributed by atoms with E-state index in [0.717, 1.165) is 17.0 Å². The zero-order valence-corrected chi connectivity index (χ0v) is 22.1. The molecule has 3 aliphatic carbocycles. The number of aromatic hydroxyl groups is 2. The van der Waals surface area contributed by atoms with Crippen LogP contribution in [-0.4, -0.2) is 51.8 Å². The Labute approximate surface area is 233 Å². The number of hydrogen-bond donors (Lipinski definition) is 3. The fourth-order valence-electron chi connectivity index (χ4n) is 6.70. The first-order chi connectivity index (χ1) is 19.5. The molecular formula is C31H25NO9. The van der Waals surface area contributed by atoms with E-state index in [2.05, 4.69) is 0 Å². The van der Waals surface area contributed by atoms with E-state index in [1.807, 2.05) is 6.08 Å². The molecule has 2 amide bonds. The maximum absolute atomic E-state index is 13.9. The van der Waals surface area contributed by atoms with Crippen LogP contribution in [0, 0.1) is 17.8 Å². The molecule has 0 aromatic heterocycles. The number of anilines is 1. The Balaban J connectivity index is 1.48. The minimum absolute atomic E-state index is 0.0404. The first-order valence-electron chi connectivity index (χ1n) is 13.0. The number of benzene rings is 2. The number of imide groups is 1. The highest BCUT2D eigenvalue weighted by atomic mass is 16.5. The molecule has 4 aliphatic rings. The molecule has 2 aromatic rings. The summed E-state index contributed by atoms with van der Waals surface area (Å²) in [7, 11) is 1.47. The molecule has 1 aliphatic heterocycles. The molecule has 3 N–H and O–H groups in total. The predicted molar refractivity (Wildman–Crippen MR) is 144 cm³/mol. The van der Waals surface area contributed by atoms with Gasteiger partial charge in [-0.15, -0.1) is 0 Å². The van der Waals surface area contributed by atoms with E-state index in [0.29, 0.717) is 16.9 Å². The van der Waals surface area contributed by atoms with Gasteiger partial charge in [0.15, 0.2) is 11.6 Å². The van der Waals surface area contributed by atoms with Crippen molar-refractivity contribution in [2.24, 2.45) is 17.8 Å². The normalized spacial score (nSPS) is 25.4. The van der Waals surface area contributed by atoms with Crippen LogP contribution in [0.3, 0.4) is 0 Å². The van der Waals surface area contributed by atoms with Crippen molar-refractivity contribution in [3.63, 3.8) is 0 Å². The number of fused-ring (bicyclic) bond motifs is 3. The molecule has 1 heterocycles. The zero-order chi connectivity index (χ0) is 29.3. The first-order valence-corrected chi connectivity index (χ1v) is 13.0. The Kier molecular flexibility index (Phi) is 5.95. The monoisotopic (exact) mass is 555 g/mol. The molecule has 6 rings (SSSR count). The number of hydrogen-bond acceptors (Lipinski definition) is 8. The first kappa shape index (κ1) is 26.2. The minimum atomic E-state index is -1.36. The Bertz CT molecular complexity index is 1690. The van der Waals surface area contributed by atoms with Crippen molar-refractivity contribution in [2.75, 3.05) is 12.0 Å². The number of carboxylic acid groups (broad SMARTS) is 1. The van der Waals surface area contributed by atoms with Crippen molar-refractivity contribution in [3.05, 3.63) is 82.0 Å². The number of carbonyl (C=O) groups is 5. The third-order valence-corrected chi connectivity index (χ3v) is 8.58. The zero-order valence-electron chi connectivity index (χ0n) is 22.1. The minimum Gasteiger partial charge on any atom is -0.508 e. The van der Waals surface area contributed by atoms with Crippen LogP contribution in [-0.2, 0) is 19.2 Å². The number of ether oxygens (including phenoxy) is 1. The molecule has 0 bridgehead atoms. The van der Waals surface area contributed by atoms with Gasteiger partial charge in [0.25, 0.3) is 0 Å². The standard InChI is InChI=1S/C31H25NO9/c1-13-9-23(34)21-12-19-16(25(27(21)28(13)36)20-11-15(41-2)4-8-22(20)33)6-7-18-26(19)30(38)32(29(18)37)14-3-5-17(31(39)40)24(35)10-14/h3-6,8-11,18-19,25-26,33,35H,7,12H2,1-2H3,(H,39,40). The van der Waals surface area contributed by atoms with E-state index in [4.69, 9.17) is 4.74 Å². The van der Waals surface area contributed by atoms with Crippen LogP contribution in [0.2, 0.25) is 0 Å². The molecule has 4 unspecified atom stereocenters. The highest BCUT2D eigenvalue weighted by Gasteiger charge is 2.57. The summed E-state index contributed by atoms with van der Waals surface area (Å²) < 4.78 is 5.37. The van der Waals surface area contributed by atoms with Crippen LogP contribution < -0.4 is 9.64 Å². The Morgan fingerprint density at radius 3 is 2.41 bits per heavy atom. The Morgan fingerprint density at radius 1 is 0.976 bits per heavy atom. The summed E-state index contributed by atoms with van der Waals surface area (Å²) in [5.41, 5.74) is 1.46. The lowest BCUT2D eigenvalue weighted by molar-refractivity contribution is -0.123. The summed E-state index contributed by atoms with van der Waals surface area (Å²) in [5.74, 6) is -6.43. The number of carboxylic acids is 1. The number of rotatable bonds is 4. The lowest BCUT2D eigenvalue weighted by Gasteiger charge is -2.42. The molecule has 0 radical (unpaired) electrons. The van der Waals surface area contributed by atoms with Gasteiger partial charge in [-0.3, -0.25) is 19.2 Å². The quantitative estimate of drug-likeness (QED) is 0.292. The van der Waals surface area contributed by atoms with Gasteiger partial charge in [-0.2, -0.15) is 0 Å². The van der Waals surface area contributed by atoms with E-state index < -0.39 is 47.2 Å². The third kappa shape index (κ3) is 3.81. The summed E-state index contributed by atoms with van der Waals surface area (Å²) in [4.78, 5) is 66.6. The van der Waals surface area contributed by atoms with E-state index in [1.54, 1.807) is 19.1 Å². The van der Waals surface area contributed by atoms with E-state index >= 15 is 0 Å². The van der Waals surface area contributed by atoms with Crippen molar-refractivity contribution in [3.8, 4) is 17.2 Å². The number of allylic oxidation sites excluding steroid dienone is 6. The fourth-order valence-corrected chi connectivity index (χ4v) is 6.70. The van der Waals surface area contributed by atoms with E-state index in [1.165, 1.54) is 25.3 Å². The molecule has 0 spiro atoms. The van der Waals surface area contributed by atoms with Crippen molar-refractivity contribution in [1.29, 1.82) is 0 Å². The van der Waals surface area contributed by atoms with Crippen LogP contribution in [0.1, 0.15) is 41.6 Å². The van der Waals surface area contributed by atoms with Crippen molar-refractivity contribution in [1.82, 2.24) is 0 Å². The van der Waals surface area contributed by atoms with Crippen LogP contribution in [0.4, 0.5) is 5.69 Å². The Hall–Kier alpha value is -4.99. The molecule has 208 valence electrons. The third-order valence-electron chi connectivity index (χ3n) is 8.58. The summed E-state index contributed by atoms with van der Waals surface area (Å²) in [5, 5.41) is 30.4. The SMILES string of the molecule is COc1ccc(O)c(C2C3=CCC4C(=O)N(c5ccc(C(=O)O)c(O)c5)C(=O)C4C3CC3=C2C(=O)C(C)=CC3=O)c1. The van der Waals surface area contributed by atoms with Gasteiger partial charge in [0.1, 0.15) is 22.8 Å². The van der Waals surface area contributed by atoms with Gasteiger partial charge in [0.2, 0.25) is 11.8 Å². The summed E-state index contributed by atoms with van der Waals surface area (Å²) in [6.45, 7) is 1.56. The van der Waals surface area contributed by atoms with Crippen LogP contribution in [0.5, 0.6) is 17.2 Å². The van der Waals surface area contributed by atoms with Gasteiger partial charge in [-0.1, -0.05) is 11.6 Å². The topological polar surface area (TPSA) is 159 Å². The average Bonchev–Trinajstić information content (AvgIpc) is 3.20. The number of aromatic carboxylic acids is 1. The molecule has 10 nitrogen and oxygen atoms in total. The molecule has 10 heteroatoms. The molecular weight excluding hydrogens is 530 g/mol. The molecule has 1 fully saturated rings. The molecule has 4 atom stereocenters. The Morgan fingerprint density at radius 2 is 1.73 bits per heavy atom. The fraction of sp³-hybridized carbons (Fsp3) is 0.258. The summed E-state index contributed by atoms with van der Waals surface area (Å²) in [6, 6.07) is 8.11. The smallest absolute Gasteiger partial charge is 0.339 e. The van der Waals surface area contributed by atoms with Gasteiger partial charge < -0.3 is 20.1 Å². The molecule has 1 saturated heterocycles. The number of phenols is 2. The highest BCUT2D eigenvalue weighted by molar-refractivity contribution is 6.25. The van der Waals surface area contributed by atoms with Crippen molar-refractivity contribution < 1.29 is 44.0 Å². The molecule has 2 aromatic carbocycles.